The minimum absolute atomic E-state index is 0.0808. The number of ether oxygens (including phenoxy) is 1. The van der Waals surface area contributed by atoms with Crippen LogP contribution in [0.5, 0.6) is 0 Å². The summed E-state index contributed by atoms with van der Waals surface area (Å²) in [6.07, 6.45) is 7.50. The number of carbonyl (C=O) groups excluding carboxylic acids is 1. The minimum Gasteiger partial charge on any atom is -0.462 e. The average molecular weight is 291 g/mol. The lowest BCUT2D eigenvalue weighted by Gasteiger charge is -2.22. The molecule has 0 aromatic heterocycles. The minimum atomic E-state index is -0.0908. The summed E-state index contributed by atoms with van der Waals surface area (Å²) in [6.45, 7) is 4.11. The molecule has 2 saturated carbocycles. The monoisotopic (exact) mass is 290 g/mol. The Hall–Kier alpha value is -0.210. The van der Waals surface area contributed by atoms with Crippen molar-refractivity contribution in [2.24, 2.45) is 17.3 Å². The van der Waals surface area contributed by atoms with Crippen molar-refractivity contribution < 1.29 is 9.53 Å². The molecule has 2 rings (SSSR count). The van der Waals surface area contributed by atoms with Gasteiger partial charge in [-0.1, -0.05) is 43.5 Å². The Morgan fingerprint density at radius 2 is 1.83 bits per heavy atom. The molecule has 0 aliphatic heterocycles. The van der Waals surface area contributed by atoms with Gasteiger partial charge in [0.1, 0.15) is 10.6 Å². The molecule has 2 aliphatic carbocycles. The van der Waals surface area contributed by atoms with Gasteiger partial charge in [0.05, 0.1) is 5.92 Å². The van der Waals surface area contributed by atoms with E-state index in [0.29, 0.717) is 0 Å². The molecule has 0 aromatic carbocycles. The fraction of sp³-hybridized carbons (Fsp3) is 0.786. The smallest absolute Gasteiger partial charge is 0.310 e. The van der Waals surface area contributed by atoms with Crippen molar-refractivity contribution in [2.75, 3.05) is 0 Å². The molecular formula is C14H20Cl2O2. The van der Waals surface area contributed by atoms with Crippen LogP contribution in [-0.2, 0) is 9.53 Å². The van der Waals surface area contributed by atoms with E-state index in [4.69, 9.17) is 27.9 Å². The molecule has 0 heterocycles. The van der Waals surface area contributed by atoms with Crippen molar-refractivity contribution in [3.8, 4) is 0 Å². The molecule has 18 heavy (non-hydrogen) atoms. The van der Waals surface area contributed by atoms with Crippen molar-refractivity contribution in [1.82, 2.24) is 0 Å². The molecule has 2 atom stereocenters. The van der Waals surface area contributed by atoms with E-state index >= 15 is 0 Å². The highest BCUT2D eigenvalue weighted by atomic mass is 35.5. The van der Waals surface area contributed by atoms with Crippen LogP contribution in [-0.4, -0.2) is 12.1 Å². The molecule has 0 aromatic rings. The van der Waals surface area contributed by atoms with Crippen molar-refractivity contribution in [3.05, 3.63) is 10.6 Å². The molecule has 0 saturated heterocycles. The standard InChI is InChI=1S/C14H20Cl2O2/c1-14(2)10(8-11(15)16)12(14)13(17)18-9-6-4-3-5-7-9/h8-10,12H,3-7H2,1-2H3. The van der Waals surface area contributed by atoms with Crippen LogP contribution < -0.4 is 0 Å². The van der Waals surface area contributed by atoms with E-state index in [9.17, 15) is 4.79 Å². The second kappa shape index (κ2) is 5.42. The summed E-state index contributed by atoms with van der Waals surface area (Å²) < 4.78 is 5.85. The summed E-state index contributed by atoms with van der Waals surface area (Å²) >= 11 is 11.4. The lowest BCUT2D eigenvalue weighted by atomic mass is 9.98. The summed E-state index contributed by atoms with van der Waals surface area (Å²) in [4.78, 5) is 12.1. The van der Waals surface area contributed by atoms with Crippen molar-refractivity contribution in [3.63, 3.8) is 0 Å². The lowest BCUT2D eigenvalue weighted by Crippen LogP contribution is -2.23. The molecule has 0 bridgehead atoms. The van der Waals surface area contributed by atoms with Gasteiger partial charge in [-0.2, -0.15) is 0 Å². The zero-order valence-electron chi connectivity index (χ0n) is 10.9. The SMILES string of the molecule is CC1(C)C(C=C(Cl)Cl)C1C(=O)OC1CCCCC1. The van der Waals surface area contributed by atoms with Crippen LogP contribution in [0.1, 0.15) is 46.0 Å². The van der Waals surface area contributed by atoms with Gasteiger partial charge in [-0.25, -0.2) is 0 Å². The van der Waals surface area contributed by atoms with Gasteiger partial charge in [0, 0.05) is 0 Å². The summed E-state index contributed by atoms with van der Waals surface area (Å²) in [7, 11) is 0. The lowest BCUT2D eigenvalue weighted by molar-refractivity contribution is -0.153. The molecule has 0 N–H and O–H groups in total. The topological polar surface area (TPSA) is 26.3 Å². The van der Waals surface area contributed by atoms with Crippen LogP contribution >= 0.6 is 23.2 Å². The average Bonchev–Trinajstić information content (AvgIpc) is 2.80. The molecule has 2 fully saturated rings. The molecule has 0 amide bonds. The Morgan fingerprint density at radius 3 is 2.39 bits per heavy atom. The van der Waals surface area contributed by atoms with Crippen LogP contribution in [0.3, 0.4) is 0 Å². The highest BCUT2D eigenvalue weighted by Gasteiger charge is 2.61. The van der Waals surface area contributed by atoms with Gasteiger partial charge < -0.3 is 4.74 Å². The number of esters is 1. The third-order valence-corrected chi connectivity index (χ3v) is 4.56. The summed E-state index contributed by atoms with van der Waals surface area (Å²) in [6, 6.07) is 0. The van der Waals surface area contributed by atoms with E-state index in [1.54, 1.807) is 6.08 Å². The predicted octanol–water partition coefficient (Wildman–Crippen LogP) is 4.45. The highest BCUT2D eigenvalue weighted by molar-refractivity contribution is 6.55. The first-order chi connectivity index (χ1) is 8.43. The molecule has 2 aliphatic rings. The normalized spacial score (nSPS) is 30.7. The third-order valence-electron chi connectivity index (χ3n) is 4.31. The zero-order valence-corrected chi connectivity index (χ0v) is 12.4. The third kappa shape index (κ3) is 3.03. The van der Waals surface area contributed by atoms with Gasteiger partial charge in [0.25, 0.3) is 0 Å². The Morgan fingerprint density at radius 1 is 1.22 bits per heavy atom. The second-order valence-corrected chi connectivity index (χ2v) is 6.99. The molecule has 2 nitrogen and oxygen atoms in total. The molecular weight excluding hydrogens is 271 g/mol. The van der Waals surface area contributed by atoms with Gasteiger partial charge in [-0.3, -0.25) is 4.79 Å². The van der Waals surface area contributed by atoms with Crippen molar-refractivity contribution in [2.45, 2.75) is 52.1 Å². The number of hydrogen-bond donors (Lipinski definition) is 0. The number of rotatable bonds is 3. The van der Waals surface area contributed by atoms with E-state index in [1.807, 2.05) is 0 Å². The highest BCUT2D eigenvalue weighted by Crippen LogP contribution is 2.60. The van der Waals surface area contributed by atoms with E-state index < -0.39 is 0 Å². The van der Waals surface area contributed by atoms with Gasteiger partial charge in [0.2, 0.25) is 0 Å². The first-order valence-electron chi connectivity index (χ1n) is 6.66. The summed E-state index contributed by atoms with van der Waals surface area (Å²) in [5.74, 6) is -0.0618. The van der Waals surface area contributed by atoms with Gasteiger partial charge in [-0.05, 0) is 43.1 Å². The molecule has 102 valence electrons. The number of allylic oxidation sites excluding steroid dienone is 1. The van der Waals surface area contributed by atoms with E-state index in [2.05, 4.69) is 13.8 Å². The first kappa shape index (κ1) is 14.2. The van der Waals surface area contributed by atoms with Crippen LogP contribution in [0.2, 0.25) is 0 Å². The quantitative estimate of drug-likeness (QED) is 0.718. The Bertz CT molecular complexity index is 353. The maximum atomic E-state index is 12.1. The van der Waals surface area contributed by atoms with Crippen molar-refractivity contribution >= 4 is 29.2 Å². The van der Waals surface area contributed by atoms with Gasteiger partial charge in [0.15, 0.2) is 0 Å². The zero-order chi connectivity index (χ0) is 13.3. The predicted molar refractivity (Wildman–Crippen MR) is 73.5 cm³/mol. The fourth-order valence-corrected chi connectivity index (χ4v) is 3.27. The molecule has 0 radical (unpaired) electrons. The fourth-order valence-electron chi connectivity index (χ4n) is 3.00. The maximum Gasteiger partial charge on any atom is 0.310 e. The van der Waals surface area contributed by atoms with Crippen LogP contribution in [0.4, 0.5) is 0 Å². The Labute approximate surface area is 119 Å². The van der Waals surface area contributed by atoms with Crippen LogP contribution in [0.25, 0.3) is 0 Å². The molecule has 4 heteroatoms. The van der Waals surface area contributed by atoms with Gasteiger partial charge in [-0.15, -0.1) is 0 Å². The Balaban J connectivity index is 1.91. The van der Waals surface area contributed by atoms with Crippen LogP contribution in [0.15, 0.2) is 10.6 Å². The molecule has 0 spiro atoms. The number of halogens is 2. The van der Waals surface area contributed by atoms with Crippen molar-refractivity contribution in [1.29, 1.82) is 0 Å². The van der Waals surface area contributed by atoms with E-state index in [1.165, 1.54) is 19.3 Å². The van der Waals surface area contributed by atoms with E-state index in [-0.39, 0.29) is 33.8 Å². The van der Waals surface area contributed by atoms with Gasteiger partial charge >= 0.3 is 5.97 Å². The summed E-state index contributed by atoms with van der Waals surface area (Å²) in [5, 5.41) is 0. The molecule has 2 unspecified atom stereocenters. The number of hydrogen-bond acceptors (Lipinski definition) is 2. The Kier molecular flexibility index (Phi) is 4.28. The maximum absolute atomic E-state index is 12.1. The van der Waals surface area contributed by atoms with E-state index in [0.717, 1.165) is 12.8 Å². The second-order valence-electron chi connectivity index (χ2n) is 5.98. The summed E-state index contributed by atoms with van der Waals surface area (Å²) in [5.41, 5.74) is -0.0826. The number of carbonyl (C=O) groups is 1. The largest absolute Gasteiger partial charge is 0.462 e. The van der Waals surface area contributed by atoms with Crippen LogP contribution in [0, 0.1) is 17.3 Å². The first-order valence-corrected chi connectivity index (χ1v) is 7.42.